The molecule has 0 amide bonds. The average molecular weight is 252 g/mol. The van der Waals surface area contributed by atoms with Gasteiger partial charge in [-0.1, -0.05) is 17.7 Å². The number of benzene rings is 1. The maximum Gasteiger partial charge on any atom is 0.134 e. The minimum Gasteiger partial charge on any atom is -0.383 e. The summed E-state index contributed by atoms with van der Waals surface area (Å²) in [5.74, 6) is 0.410. The average Bonchev–Trinajstić information content (AvgIpc) is 2.24. The molecule has 0 saturated carbocycles. The van der Waals surface area contributed by atoms with Gasteiger partial charge in [-0.05, 0) is 26.0 Å². The van der Waals surface area contributed by atoms with Crippen molar-refractivity contribution in [3.8, 4) is 11.3 Å². The lowest BCUT2D eigenvalue weighted by Crippen LogP contribution is -2.03. The molecule has 1 aromatic heterocycles. The molecular weight excluding hydrogens is 241 g/mol. The first-order valence-electron chi connectivity index (χ1n) is 5.06. The van der Waals surface area contributed by atoms with Crippen LogP contribution in [-0.4, -0.2) is 9.97 Å². The second-order valence-electron chi connectivity index (χ2n) is 3.73. The normalized spacial score (nSPS) is 10.6. The maximum absolute atomic E-state index is 13.8. The molecule has 3 nitrogen and oxygen atoms in total. The van der Waals surface area contributed by atoms with Gasteiger partial charge in [0.15, 0.2) is 0 Å². The zero-order chi connectivity index (χ0) is 12.6. The molecule has 2 rings (SSSR count). The monoisotopic (exact) mass is 251 g/mol. The van der Waals surface area contributed by atoms with E-state index >= 15 is 0 Å². The Balaban J connectivity index is 2.77. The van der Waals surface area contributed by atoms with Gasteiger partial charge in [-0.3, -0.25) is 0 Å². The van der Waals surface area contributed by atoms with Crippen LogP contribution < -0.4 is 5.73 Å². The van der Waals surface area contributed by atoms with Crippen LogP contribution in [0.25, 0.3) is 11.3 Å². The van der Waals surface area contributed by atoms with Crippen LogP contribution in [0.4, 0.5) is 10.2 Å². The fourth-order valence-corrected chi connectivity index (χ4v) is 1.87. The molecule has 0 radical (unpaired) electrons. The number of nitrogens with two attached hydrogens (primary N) is 1. The summed E-state index contributed by atoms with van der Waals surface area (Å²) in [7, 11) is 0. The van der Waals surface area contributed by atoms with E-state index in [1.807, 2.05) is 0 Å². The summed E-state index contributed by atoms with van der Waals surface area (Å²) >= 11 is 6.00. The van der Waals surface area contributed by atoms with Gasteiger partial charge in [0.1, 0.15) is 17.5 Å². The van der Waals surface area contributed by atoms with Gasteiger partial charge in [0.25, 0.3) is 0 Å². The van der Waals surface area contributed by atoms with Crippen LogP contribution in [0.5, 0.6) is 0 Å². The van der Waals surface area contributed by atoms with Crippen molar-refractivity contribution >= 4 is 17.4 Å². The Hall–Kier alpha value is -1.68. The molecule has 2 aromatic rings. The molecule has 1 heterocycles. The SMILES string of the molecule is Cc1nc(N)c(C)c(-c2c(F)cccc2Cl)n1. The Bertz CT molecular complexity index is 564. The van der Waals surface area contributed by atoms with E-state index in [4.69, 9.17) is 17.3 Å². The Labute approximate surface area is 103 Å². The van der Waals surface area contributed by atoms with E-state index in [1.165, 1.54) is 6.07 Å². The molecule has 0 fully saturated rings. The largest absolute Gasteiger partial charge is 0.383 e. The summed E-state index contributed by atoms with van der Waals surface area (Å²) in [6.45, 7) is 3.45. The fourth-order valence-electron chi connectivity index (χ4n) is 1.62. The topological polar surface area (TPSA) is 51.8 Å². The van der Waals surface area contributed by atoms with Gasteiger partial charge >= 0.3 is 0 Å². The number of halogens is 2. The highest BCUT2D eigenvalue weighted by molar-refractivity contribution is 6.33. The highest BCUT2D eigenvalue weighted by atomic mass is 35.5. The van der Waals surface area contributed by atoms with E-state index in [0.29, 0.717) is 27.9 Å². The molecule has 88 valence electrons. The number of nitrogens with zero attached hydrogens (tertiary/aromatic N) is 2. The summed E-state index contributed by atoms with van der Waals surface area (Å²) in [4.78, 5) is 8.23. The molecule has 0 unspecified atom stereocenters. The second kappa shape index (κ2) is 4.30. The first-order valence-corrected chi connectivity index (χ1v) is 5.43. The van der Waals surface area contributed by atoms with Crippen molar-refractivity contribution in [2.75, 3.05) is 5.73 Å². The third-order valence-electron chi connectivity index (χ3n) is 2.49. The van der Waals surface area contributed by atoms with Crippen molar-refractivity contribution in [1.29, 1.82) is 0 Å². The van der Waals surface area contributed by atoms with Crippen molar-refractivity contribution in [3.05, 3.63) is 40.4 Å². The standard InChI is InChI=1S/C12H11ClFN3/c1-6-11(16-7(2)17-12(6)15)10-8(13)4-3-5-9(10)14/h3-5H,1-2H3,(H2,15,16,17). The zero-order valence-corrected chi connectivity index (χ0v) is 10.2. The van der Waals surface area contributed by atoms with Crippen LogP contribution in [0, 0.1) is 19.7 Å². The number of aryl methyl sites for hydroxylation is 1. The number of hydrogen-bond acceptors (Lipinski definition) is 3. The third kappa shape index (κ3) is 2.08. The first-order chi connectivity index (χ1) is 8.00. The molecule has 0 aliphatic rings. The summed E-state index contributed by atoms with van der Waals surface area (Å²) in [5.41, 5.74) is 7.08. The van der Waals surface area contributed by atoms with Crippen molar-refractivity contribution in [2.24, 2.45) is 0 Å². The fraction of sp³-hybridized carbons (Fsp3) is 0.167. The van der Waals surface area contributed by atoms with Gasteiger partial charge in [-0.15, -0.1) is 0 Å². The lowest BCUT2D eigenvalue weighted by Gasteiger charge is -2.10. The van der Waals surface area contributed by atoms with Crippen LogP contribution in [0.15, 0.2) is 18.2 Å². The Morgan fingerprint density at radius 3 is 2.59 bits per heavy atom. The Morgan fingerprint density at radius 2 is 1.94 bits per heavy atom. The van der Waals surface area contributed by atoms with E-state index in [1.54, 1.807) is 26.0 Å². The summed E-state index contributed by atoms with van der Waals surface area (Å²) in [6.07, 6.45) is 0. The van der Waals surface area contributed by atoms with Crippen LogP contribution in [0.1, 0.15) is 11.4 Å². The highest BCUT2D eigenvalue weighted by Gasteiger charge is 2.15. The van der Waals surface area contributed by atoms with E-state index < -0.39 is 5.82 Å². The van der Waals surface area contributed by atoms with Crippen molar-refractivity contribution in [2.45, 2.75) is 13.8 Å². The zero-order valence-electron chi connectivity index (χ0n) is 9.46. The molecule has 0 spiro atoms. The van der Waals surface area contributed by atoms with Gasteiger partial charge in [-0.2, -0.15) is 0 Å². The number of aromatic nitrogens is 2. The molecule has 0 atom stereocenters. The Morgan fingerprint density at radius 1 is 1.24 bits per heavy atom. The van der Waals surface area contributed by atoms with Gasteiger partial charge in [0.05, 0.1) is 16.3 Å². The molecule has 0 aliphatic carbocycles. The molecule has 0 saturated heterocycles. The van der Waals surface area contributed by atoms with E-state index in [-0.39, 0.29) is 5.56 Å². The highest BCUT2D eigenvalue weighted by Crippen LogP contribution is 2.32. The first kappa shape index (κ1) is 11.8. The van der Waals surface area contributed by atoms with Gasteiger partial charge in [-0.25, -0.2) is 14.4 Å². The molecule has 0 aliphatic heterocycles. The van der Waals surface area contributed by atoms with Crippen molar-refractivity contribution < 1.29 is 4.39 Å². The van der Waals surface area contributed by atoms with Crippen molar-refractivity contribution in [1.82, 2.24) is 9.97 Å². The third-order valence-corrected chi connectivity index (χ3v) is 2.81. The molecule has 2 N–H and O–H groups in total. The van der Waals surface area contributed by atoms with E-state index in [2.05, 4.69) is 9.97 Å². The lowest BCUT2D eigenvalue weighted by molar-refractivity contribution is 0.630. The summed E-state index contributed by atoms with van der Waals surface area (Å²) < 4.78 is 13.8. The summed E-state index contributed by atoms with van der Waals surface area (Å²) in [6, 6.07) is 4.51. The number of hydrogen-bond donors (Lipinski definition) is 1. The van der Waals surface area contributed by atoms with Gasteiger partial charge in [0.2, 0.25) is 0 Å². The lowest BCUT2D eigenvalue weighted by atomic mass is 10.1. The van der Waals surface area contributed by atoms with E-state index in [9.17, 15) is 4.39 Å². The van der Waals surface area contributed by atoms with Crippen LogP contribution in [0.2, 0.25) is 5.02 Å². The predicted octanol–water partition coefficient (Wildman–Crippen LogP) is 3.14. The predicted molar refractivity (Wildman–Crippen MR) is 66.3 cm³/mol. The van der Waals surface area contributed by atoms with Crippen molar-refractivity contribution in [3.63, 3.8) is 0 Å². The summed E-state index contributed by atoms with van der Waals surface area (Å²) in [5, 5.41) is 0.311. The minimum absolute atomic E-state index is 0.267. The number of rotatable bonds is 1. The number of anilines is 1. The van der Waals surface area contributed by atoms with Gasteiger partial charge < -0.3 is 5.73 Å². The number of nitrogen functional groups attached to an aromatic ring is 1. The molecule has 17 heavy (non-hydrogen) atoms. The minimum atomic E-state index is -0.418. The van der Waals surface area contributed by atoms with Gasteiger partial charge in [0, 0.05) is 5.56 Å². The maximum atomic E-state index is 13.8. The molecule has 1 aromatic carbocycles. The molecule has 0 bridgehead atoms. The molecular formula is C12H11ClFN3. The van der Waals surface area contributed by atoms with E-state index in [0.717, 1.165) is 0 Å². The second-order valence-corrected chi connectivity index (χ2v) is 4.13. The Kier molecular flexibility index (Phi) is 2.98. The molecule has 5 heteroatoms. The van der Waals surface area contributed by atoms with Crippen LogP contribution in [0.3, 0.4) is 0 Å². The quantitative estimate of drug-likeness (QED) is 0.847. The van der Waals surface area contributed by atoms with Crippen LogP contribution >= 0.6 is 11.6 Å². The van der Waals surface area contributed by atoms with Crippen LogP contribution in [-0.2, 0) is 0 Å². The smallest absolute Gasteiger partial charge is 0.134 e.